The van der Waals surface area contributed by atoms with Crippen molar-refractivity contribution in [2.24, 2.45) is 0 Å². The fourth-order valence-corrected chi connectivity index (χ4v) is 2.19. The third-order valence-electron chi connectivity index (χ3n) is 2.83. The molecule has 0 fully saturated rings. The molecule has 0 saturated heterocycles. The van der Waals surface area contributed by atoms with Crippen molar-refractivity contribution in [1.82, 2.24) is 0 Å². The fourth-order valence-electron chi connectivity index (χ4n) is 1.82. The molecule has 2 aromatic carbocycles. The molecule has 21 heavy (non-hydrogen) atoms. The lowest BCUT2D eigenvalue weighted by atomic mass is 10.2. The standard InChI is InChI=1S/C16H15Cl2NO2/c1-2-15(21-14-8-4-6-12(18)10-14)16(20)19-13-7-3-5-11(17)9-13/h3-10,15H,2H2,1H3,(H,19,20). The first kappa shape index (κ1) is 15.7. The number of ether oxygens (including phenoxy) is 1. The highest BCUT2D eigenvalue weighted by atomic mass is 35.5. The second-order valence-electron chi connectivity index (χ2n) is 4.47. The third-order valence-corrected chi connectivity index (χ3v) is 3.30. The fraction of sp³-hybridized carbons (Fsp3) is 0.188. The van der Waals surface area contributed by atoms with Crippen molar-refractivity contribution < 1.29 is 9.53 Å². The van der Waals surface area contributed by atoms with Gasteiger partial charge in [-0.25, -0.2) is 0 Å². The summed E-state index contributed by atoms with van der Waals surface area (Å²) in [5.41, 5.74) is 0.639. The highest BCUT2D eigenvalue weighted by Gasteiger charge is 2.18. The molecule has 0 aliphatic carbocycles. The van der Waals surface area contributed by atoms with E-state index in [4.69, 9.17) is 27.9 Å². The maximum absolute atomic E-state index is 12.2. The average molecular weight is 324 g/mol. The summed E-state index contributed by atoms with van der Waals surface area (Å²) in [5, 5.41) is 3.92. The van der Waals surface area contributed by atoms with Crippen molar-refractivity contribution in [1.29, 1.82) is 0 Å². The zero-order valence-corrected chi connectivity index (χ0v) is 13.0. The highest BCUT2D eigenvalue weighted by molar-refractivity contribution is 6.31. The van der Waals surface area contributed by atoms with Crippen molar-refractivity contribution in [3.8, 4) is 5.75 Å². The predicted molar refractivity (Wildman–Crippen MR) is 86.2 cm³/mol. The first-order valence-corrected chi connectivity index (χ1v) is 7.32. The van der Waals surface area contributed by atoms with Gasteiger partial charge in [0.05, 0.1) is 0 Å². The summed E-state index contributed by atoms with van der Waals surface area (Å²) in [6.45, 7) is 1.88. The average Bonchev–Trinajstić information content (AvgIpc) is 2.44. The van der Waals surface area contributed by atoms with Crippen LogP contribution in [0.25, 0.3) is 0 Å². The predicted octanol–water partition coefficient (Wildman–Crippen LogP) is 4.79. The quantitative estimate of drug-likeness (QED) is 0.859. The minimum absolute atomic E-state index is 0.222. The van der Waals surface area contributed by atoms with Gasteiger partial charge in [-0.15, -0.1) is 0 Å². The van der Waals surface area contributed by atoms with Crippen LogP contribution < -0.4 is 10.1 Å². The Morgan fingerprint density at radius 1 is 1.14 bits per heavy atom. The van der Waals surface area contributed by atoms with E-state index >= 15 is 0 Å². The van der Waals surface area contributed by atoms with Crippen LogP contribution in [0, 0.1) is 0 Å². The Labute approximate surface area is 133 Å². The number of carbonyl (C=O) groups is 1. The normalized spacial score (nSPS) is 11.8. The Kier molecular flexibility index (Phi) is 5.48. The molecule has 1 amide bonds. The van der Waals surface area contributed by atoms with Gasteiger partial charge in [0.2, 0.25) is 0 Å². The molecule has 1 N–H and O–H groups in total. The van der Waals surface area contributed by atoms with Crippen LogP contribution in [0.1, 0.15) is 13.3 Å². The van der Waals surface area contributed by atoms with Gasteiger partial charge in [0, 0.05) is 15.7 Å². The molecule has 3 nitrogen and oxygen atoms in total. The Balaban J connectivity index is 2.05. The second kappa shape index (κ2) is 7.34. The molecule has 1 unspecified atom stereocenters. The summed E-state index contributed by atoms with van der Waals surface area (Å²) in [7, 11) is 0. The monoisotopic (exact) mass is 323 g/mol. The van der Waals surface area contributed by atoms with Gasteiger partial charge in [-0.2, -0.15) is 0 Å². The smallest absolute Gasteiger partial charge is 0.265 e. The molecule has 1 atom stereocenters. The molecule has 0 aromatic heterocycles. The first-order valence-electron chi connectivity index (χ1n) is 6.57. The molecule has 0 aliphatic rings. The number of hydrogen-bond acceptors (Lipinski definition) is 2. The molecular formula is C16H15Cl2NO2. The third kappa shape index (κ3) is 4.66. The van der Waals surface area contributed by atoms with Gasteiger partial charge in [0.25, 0.3) is 5.91 Å². The van der Waals surface area contributed by atoms with Gasteiger partial charge in [-0.05, 0) is 42.8 Å². The topological polar surface area (TPSA) is 38.3 Å². The van der Waals surface area contributed by atoms with E-state index in [9.17, 15) is 4.79 Å². The van der Waals surface area contributed by atoms with Crippen molar-refractivity contribution in [3.05, 3.63) is 58.6 Å². The molecule has 2 aromatic rings. The van der Waals surface area contributed by atoms with E-state index in [1.165, 1.54) is 0 Å². The Hall–Kier alpha value is -1.71. The molecule has 2 rings (SSSR count). The van der Waals surface area contributed by atoms with E-state index in [1.54, 1.807) is 48.5 Å². The minimum Gasteiger partial charge on any atom is -0.481 e. The molecule has 0 radical (unpaired) electrons. The van der Waals surface area contributed by atoms with Crippen LogP contribution in [0.2, 0.25) is 10.0 Å². The molecule has 0 heterocycles. The van der Waals surface area contributed by atoms with Crippen molar-refractivity contribution >= 4 is 34.8 Å². The van der Waals surface area contributed by atoms with Crippen LogP contribution in [0.4, 0.5) is 5.69 Å². The van der Waals surface area contributed by atoms with Crippen LogP contribution in [0.5, 0.6) is 5.75 Å². The van der Waals surface area contributed by atoms with Crippen molar-refractivity contribution in [3.63, 3.8) is 0 Å². The maximum atomic E-state index is 12.2. The number of rotatable bonds is 5. The SMILES string of the molecule is CCC(Oc1cccc(Cl)c1)C(=O)Nc1cccc(Cl)c1. The molecule has 0 saturated carbocycles. The number of amides is 1. The van der Waals surface area contributed by atoms with Gasteiger partial charge in [0.15, 0.2) is 6.10 Å². The number of anilines is 1. The number of halogens is 2. The summed E-state index contributed by atoms with van der Waals surface area (Å²) < 4.78 is 5.68. The van der Waals surface area contributed by atoms with Crippen LogP contribution in [0.3, 0.4) is 0 Å². The highest BCUT2D eigenvalue weighted by Crippen LogP contribution is 2.20. The Bertz CT molecular complexity index is 631. The second-order valence-corrected chi connectivity index (χ2v) is 5.34. The zero-order valence-electron chi connectivity index (χ0n) is 11.5. The molecule has 0 bridgehead atoms. The van der Waals surface area contributed by atoms with Crippen LogP contribution in [0.15, 0.2) is 48.5 Å². The first-order chi connectivity index (χ1) is 10.1. The summed E-state index contributed by atoms with van der Waals surface area (Å²) >= 11 is 11.8. The molecule has 0 aliphatic heterocycles. The minimum atomic E-state index is -0.595. The van der Waals surface area contributed by atoms with E-state index < -0.39 is 6.10 Å². The molecule has 0 spiro atoms. The molecular weight excluding hydrogens is 309 g/mol. The van der Waals surface area contributed by atoms with E-state index in [0.29, 0.717) is 27.9 Å². The van der Waals surface area contributed by atoms with Gasteiger partial charge in [-0.1, -0.05) is 42.3 Å². The van der Waals surface area contributed by atoms with Gasteiger partial charge >= 0.3 is 0 Å². The van der Waals surface area contributed by atoms with Crippen LogP contribution in [-0.4, -0.2) is 12.0 Å². The number of hydrogen-bond donors (Lipinski definition) is 1. The summed E-state index contributed by atoms with van der Waals surface area (Å²) in [6, 6.07) is 14.0. The lowest BCUT2D eigenvalue weighted by Gasteiger charge is -2.17. The maximum Gasteiger partial charge on any atom is 0.265 e. The van der Waals surface area contributed by atoms with Crippen molar-refractivity contribution in [2.75, 3.05) is 5.32 Å². The van der Waals surface area contributed by atoms with E-state index in [1.807, 2.05) is 6.92 Å². The Morgan fingerprint density at radius 2 is 1.81 bits per heavy atom. The number of nitrogens with one attached hydrogen (secondary N) is 1. The van der Waals surface area contributed by atoms with Gasteiger partial charge in [0.1, 0.15) is 5.75 Å². The zero-order chi connectivity index (χ0) is 15.2. The molecule has 5 heteroatoms. The summed E-state index contributed by atoms with van der Waals surface area (Å²) in [6.07, 6.45) is -0.0544. The lowest BCUT2D eigenvalue weighted by Crippen LogP contribution is -2.32. The number of benzene rings is 2. The van der Waals surface area contributed by atoms with Gasteiger partial charge in [-0.3, -0.25) is 4.79 Å². The van der Waals surface area contributed by atoms with Gasteiger partial charge < -0.3 is 10.1 Å². The lowest BCUT2D eigenvalue weighted by molar-refractivity contribution is -0.122. The molecule has 110 valence electrons. The summed E-state index contributed by atoms with van der Waals surface area (Å²) in [4.78, 5) is 12.2. The van der Waals surface area contributed by atoms with Crippen LogP contribution in [-0.2, 0) is 4.79 Å². The van der Waals surface area contributed by atoms with Crippen LogP contribution >= 0.6 is 23.2 Å². The van der Waals surface area contributed by atoms with E-state index in [0.717, 1.165) is 0 Å². The summed E-state index contributed by atoms with van der Waals surface area (Å²) in [5.74, 6) is 0.343. The largest absolute Gasteiger partial charge is 0.481 e. The van der Waals surface area contributed by atoms with E-state index in [-0.39, 0.29) is 5.91 Å². The van der Waals surface area contributed by atoms with Crippen molar-refractivity contribution in [2.45, 2.75) is 19.4 Å². The number of carbonyl (C=O) groups excluding carboxylic acids is 1. The Morgan fingerprint density at radius 3 is 2.43 bits per heavy atom. The van der Waals surface area contributed by atoms with E-state index in [2.05, 4.69) is 5.32 Å².